The Bertz CT molecular complexity index is 1390. The second-order valence-corrected chi connectivity index (χ2v) is 8.50. The molecule has 4 nitrogen and oxygen atoms in total. The standard InChI is InChI=1S/C23H14FN3OS2/c24-16-10-11-20-21(13-16)30-23(26-20)27(25-14-17-7-4-12-29-17)22(28)19-9-3-6-15-5-1-2-8-18(15)19/h1-14H/b25-14+. The molecule has 146 valence electrons. The number of anilines is 1. The first-order valence-electron chi connectivity index (χ1n) is 9.15. The molecule has 0 saturated carbocycles. The van der Waals surface area contributed by atoms with E-state index in [0.29, 0.717) is 20.9 Å². The van der Waals surface area contributed by atoms with Crippen molar-refractivity contribution in [1.29, 1.82) is 0 Å². The molecule has 7 heteroatoms. The van der Waals surface area contributed by atoms with Gasteiger partial charge in [0.25, 0.3) is 5.91 Å². The van der Waals surface area contributed by atoms with E-state index in [-0.39, 0.29) is 11.7 Å². The lowest BCUT2D eigenvalue weighted by Crippen LogP contribution is -2.25. The first kappa shape index (κ1) is 18.6. The molecule has 5 aromatic rings. The summed E-state index contributed by atoms with van der Waals surface area (Å²) < 4.78 is 14.3. The molecule has 1 amide bonds. The van der Waals surface area contributed by atoms with Crippen molar-refractivity contribution >= 4 is 60.9 Å². The van der Waals surface area contributed by atoms with Crippen molar-refractivity contribution < 1.29 is 9.18 Å². The van der Waals surface area contributed by atoms with Gasteiger partial charge in [-0.3, -0.25) is 4.79 Å². The Balaban J connectivity index is 1.63. The molecule has 0 spiro atoms. The van der Waals surface area contributed by atoms with Crippen LogP contribution in [0.15, 0.2) is 83.3 Å². The summed E-state index contributed by atoms with van der Waals surface area (Å²) in [7, 11) is 0. The van der Waals surface area contributed by atoms with Crippen molar-refractivity contribution in [2.45, 2.75) is 0 Å². The molecular formula is C23H14FN3OS2. The third-order valence-electron chi connectivity index (χ3n) is 4.58. The minimum Gasteiger partial charge on any atom is -0.267 e. The van der Waals surface area contributed by atoms with E-state index in [1.54, 1.807) is 18.3 Å². The van der Waals surface area contributed by atoms with Gasteiger partial charge in [-0.2, -0.15) is 10.1 Å². The van der Waals surface area contributed by atoms with Crippen molar-refractivity contribution in [2.24, 2.45) is 5.10 Å². The van der Waals surface area contributed by atoms with Crippen molar-refractivity contribution in [3.05, 3.63) is 94.4 Å². The zero-order valence-corrected chi connectivity index (χ0v) is 17.2. The van der Waals surface area contributed by atoms with Crippen LogP contribution in [0.4, 0.5) is 9.52 Å². The number of hydrogen-bond acceptors (Lipinski definition) is 5. The fraction of sp³-hybridized carbons (Fsp3) is 0. The maximum atomic E-state index is 13.6. The molecule has 0 bridgehead atoms. The maximum Gasteiger partial charge on any atom is 0.281 e. The molecule has 5 rings (SSSR count). The number of hydrogen-bond donors (Lipinski definition) is 0. The summed E-state index contributed by atoms with van der Waals surface area (Å²) in [6.45, 7) is 0. The second-order valence-electron chi connectivity index (χ2n) is 6.51. The molecule has 0 aliphatic carbocycles. The Morgan fingerprint density at radius 1 is 1.03 bits per heavy atom. The number of nitrogens with zero attached hydrogens (tertiary/aromatic N) is 3. The lowest BCUT2D eigenvalue weighted by atomic mass is 10.0. The number of aromatic nitrogens is 1. The molecular weight excluding hydrogens is 417 g/mol. The molecule has 30 heavy (non-hydrogen) atoms. The Morgan fingerprint density at radius 2 is 1.90 bits per heavy atom. The normalized spacial score (nSPS) is 11.5. The van der Waals surface area contributed by atoms with Gasteiger partial charge in [0.1, 0.15) is 5.82 Å². The second kappa shape index (κ2) is 7.78. The van der Waals surface area contributed by atoms with Gasteiger partial charge < -0.3 is 0 Å². The van der Waals surface area contributed by atoms with Crippen molar-refractivity contribution in [1.82, 2.24) is 4.98 Å². The highest BCUT2D eigenvalue weighted by molar-refractivity contribution is 7.22. The third kappa shape index (κ3) is 3.49. The number of thiophene rings is 1. The quantitative estimate of drug-likeness (QED) is 0.246. The summed E-state index contributed by atoms with van der Waals surface area (Å²) in [4.78, 5) is 19.0. The van der Waals surface area contributed by atoms with E-state index in [9.17, 15) is 9.18 Å². The van der Waals surface area contributed by atoms with Crippen LogP contribution in [-0.4, -0.2) is 17.1 Å². The Kier molecular flexibility index (Phi) is 4.82. The zero-order valence-electron chi connectivity index (χ0n) is 15.5. The Labute approximate surface area is 179 Å². The fourth-order valence-electron chi connectivity index (χ4n) is 3.17. The van der Waals surface area contributed by atoms with Crippen molar-refractivity contribution in [2.75, 3.05) is 5.01 Å². The van der Waals surface area contributed by atoms with Gasteiger partial charge in [-0.25, -0.2) is 9.37 Å². The topological polar surface area (TPSA) is 45.6 Å². The van der Waals surface area contributed by atoms with Crippen molar-refractivity contribution in [3.63, 3.8) is 0 Å². The SMILES string of the molecule is O=C(c1cccc2ccccc12)N(/N=C/c1cccs1)c1nc2ccc(F)cc2s1. The van der Waals surface area contributed by atoms with Crippen LogP contribution in [0.3, 0.4) is 0 Å². The van der Waals surface area contributed by atoms with Gasteiger partial charge in [0.15, 0.2) is 0 Å². The smallest absolute Gasteiger partial charge is 0.267 e. The molecule has 0 unspecified atom stereocenters. The molecule has 2 heterocycles. The van der Waals surface area contributed by atoms with Gasteiger partial charge in [-0.1, -0.05) is 53.8 Å². The minimum absolute atomic E-state index is 0.292. The number of hydrazone groups is 1. The van der Waals surface area contributed by atoms with E-state index < -0.39 is 0 Å². The van der Waals surface area contributed by atoms with Crippen LogP contribution in [0.25, 0.3) is 21.0 Å². The van der Waals surface area contributed by atoms with Crippen molar-refractivity contribution in [3.8, 4) is 0 Å². The molecule has 2 aromatic heterocycles. The van der Waals surface area contributed by atoms with Crippen LogP contribution in [0.2, 0.25) is 0 Å². The van der Waals surface area contributed by atoms with E-state index in [4.69, 9.17) is 0 Å². The predicted octanol–water partition coefficient (Wildman–Crippen LogP) is 6.33. The summed E-state index contributed by atoms with van der Waals surface area (Å²) in [6.07, 6.45) is 1.64. The monoisotopic (exact) mass is 431 g/mol. The lowest BCUT2D eigenvalue weighted by molar-refractivity contribution is 0.0989. The van der Waals surface area contributed by atoms with Gasteiger partial charge in [0.2, 0.25) is 5.13 Å². The van der Waals surface area contributed by atoms with E-state index in [1.807, 2.05) is 53.9 Å². The number of thiazole rings is 1. The van der Waals surface area contributed by atoms with E-state index in [0.717, 1.165) is 15.6 Å². The van der Waals surface area contributed by atoms with Crippen LogP contribution in [0.1, 0.15) is 15.2 Å². The zero-order chi connectivity index (χ0) is 20.5. The van der Waals surface area contributed by atoms with E-state index in [2.05, 4.69) is 10.1 Å². The number of carbonyl (C=O) groups is 1. The maximum absolute atomic E-state index is 13.6. The minimum atomic E-state index is -0.341. The number of fused-ring (bicyclic) bond motifs is 2. The Morgan fingerprint density at radius 3 is 2.77 bits per heavy atom. The van der Waals surface area contributed by atoms with Crippen LogP contribution in [-0.2, 0) is 0 Å². The van der Waals surface area contributed by atoms with Crippen LogP contribution < -0.4 is 5.01 Å². The lowest BCUT2D eigenvalue weighted by Gasteiger charge is -2.15. The highest BCUT2D eigenvalue weighted by Gasteiger charge is 2.22. The van der Waals surface area contributed by atoms with Gasteiger partial charge in [0.05, 0.1) is 16.4 Å². The van der Waals surface area contributed by atoms with Crippen LogP contribution >= 0.6 is 22.7 Å². The number of halogens is 1. The summed E-state index contributed by atoms with van der Waals surface area (Å²) >= 11 is 2.75. The summed E-state index contributed by atoms with van der Waals surface area (Å²) in [5.41, 5.74) is 1.15. The highest BCUT2D eigenvalue weighted by Crippen LogP contribution is 2.31. The third-order valence-corrected chi connectivity index (χ3v) is 6.38. The molecule has 0 aliphatic rings. The van der Waals surface area contributed by atoms with E-state index >= 15 is 0 Å². The summed E-state index contributed by atoms with van der Waals surface area (Å²) in [5, 5.41) is 9.90. The average Bonchev–Trinajstić information content (AvgIpc) is 3.43. The molecule has 0 radical (unpaired) electrons. The predicted molar refractivity (Wildman–Crippen MR) is 122 cm³/mol. The molecule has 0 atom stereocenters. The molecule has 0 aliphatic heterocycles. The first-order valence-corrected chi connectivity index (χ1v) is 10.8. The van der Waals surface area contributed by atoms with E-state index in [1.165, 1.54) is 39.8 Å². The summed E-state index contributed by atoms with van der Waals surface area (Å²) in [5.74, 6) is -0.633. The van der Waals surface area contributed by atoms with Gasteiger partial charge in [-0.15, -0.1) is 11.3 Å². The van der Waals surface area contributed by atoms with Gasteiger partial charge >= 0.3 is 0 Å². The van der Waals surface area contributed by atoms with Gasteiger partial charge in [-0.05, 0) is 46.5 Å². The molecule has 3 aromatic carbocycles. The number of carbonyl (C=O) groups excluding carboxylic acids is 1. The Hall–Kier alpha value is -3.42. The number of benzene rings is 3. The number of rotatable bonds is 4. The molecule has 0 N–H and O–H groups in total. The number of amides is 1. The van der Waals surface area contributed by atoms with Gasteiger partial charge in [0, 0.05) is 10.4 Å². The van der Waals surface area contributed by atoms with Crippen LogP contribution in [0.5, 0.6) is 0 Å². The highest BCUT2D eigenvalue weighted by atomic mass is 32.1. The molecule has 0 fully saturated rings. The van der Waals surface area contributed by atoms with Crippen LogP contribution in [0, 0.1) is 5.82 Å². The first-order chi connectivity index (χ1) is 14.7. The molecule has 0 saturated heterocycles. The largest absolute Gasteiger partial charge is 0.281 e. The fourth-order valence-corrected chi connectivity index (χ4v) is 4.70. The average molecular weight is 432 g/mol. The summed E-state index contributed by atoms with van der Waals surface area (Å²) in [6, 6.07) is 21.5.